The number of aromatic nitrogens is 2. The lowest BCUT2D eigenvalue weighted by atomic mass is 10.1. The Hall–Kier alpha value is -3.13. The first-order valence-corrected chi connectivity index (χ1v) is 9.10. The smallest absolute Gasteiger partial charge is 0.337 e. The van der Waals surface area contributed by atoms with Crippen molar-refractivity contribution in [3.05, 3.63) is 47.9 Å². The molecule has 4 rings (SSSR count). The van der Waals surface area contributed by atoms with Gasteiger partial charge in [0, 0.05) is 12.0 Å². The fourth-order valence-electron chi connectivity index (χ4n) is 3.37. The molecular weight excluding hydrogens is 363 g/mol. The number of esters is 1. The molecule has 3 N–H and O–H groups in total. The molecule has 2 heterocycles. The van der Waals surface area contributed by atoms with E-state index in [0.29, 0.717) is 18.0 Å². The molecule has 2 aromatic carbocycles. The molecule has 0 amide bonds. The second-order valence-electron chi connectivity index (χ2n) is 6.72. The fourth-order valence-corrected chi connectivity index (χ4v) is 3.37. The number of rotatable bonds is 4. The van der Waals surface area contributed by atoms with Crippen molar-refractivity contribution in [1.29, 1.82) is 0 Å². The number of halogens is 1. The molecule has 0 aliphatic carbocycles. The van der Waals surface area contributed by atoms with Gasteiger partial charge >= 0.3 is 5.97 Å². The van der Waals surface area contributed by atoms with Gasteiger partial charge in [-0.25, -0.2) is 13.9 Å². The Morgan fingerprint density at radius 2 is 2.18 bits per heavy atom. The molecule has 3 aromatic rings. The molecule has 146 valence electrons. The molecule has 1 atom stereocenters. The van der Waals surface area contributed by atoms with E-state index >= 15 is 0 Å². The van der Waals surface area contributed by atoms with Crippen molar-refractivity contribution < 1.29 is 18.7 Å². The summed E-state index contributed by atoms with van der Waals surface area (Å²) >= 11 is 0. The minimum atomic E-state index is -0.595. The Balaban J connectivity index is 1.67. The fraction of sp³-hybridized carbons (Fsp3) is 0.300. The molecule has 28 heavy (non-hydrogen) atoms. The Kier molecular flexibility index (Phi) is 4.87. The molecular formula is C20H21FN4O3. The van der Waals surface area contributed by atoms with Crippen molar-refractivity contribution in [2.45, 2.75) is 25.5 Å². The number of nitrogens with zero attached hydrogens (tertiary/aromatic N) is 2. The summed E-state index contributed by atoms with van der Waals surface area (Å²) in [7, 11) is 1.25. The van der Waals surface area contributed by atoms with Crippen LogP contribution in [0.2, 0.25) is 0 Å². The molecule has 0 spiro atoms. The molecule has 0 radical (unpaired) electrons. The average Bonchev–Trinajstić information content (AvgIpc) is 3.12. The molecule has 1 aliphatic heterocycles. The molecule has 7 nitrogen and oxygen atoms in total. The number of ether oxygens (including phenoxy) is 2. The predicted octanol–water partition coefficient (Wildman–Crippen LogP) is 3.99. The highest BCUT2D eigenvalue weighted by molar-refractivity contribution is 5.92. The van der Waals surface area contributed by atoms with E-state index in [1.165, 1.54) is 19.2 Å². The molecule has 1 aliphatic rings. The number of hydrogen-bond donors (Lipinski definition) is 2. The second kappa shape index (κ2) is 7.47. The number of methoxy groups -OCH3 is 1. The normalized spacial score (nSPS) is 16.9. The molecule has 1 aromatic heterocycles. The highest BCUT2D eigenvalue weighted by Gasteiger charge is 2.19. The molecule has 0 bridgehead atoms. The van der Waals surface area contributed by atoms with Gasteiger partial charge in [-0.2, -0.15) is 5.10 Å². The SMILES string of the molecule is COC(=O)c1ccc(Nc2cc3c(cnn3C3CCCCO3)cc2N)c(F)c1. The van der Waals surface area contributed by atoms with E-state index in [-0.39, 0.29) is 17.5 Å². The Labute approximate surface area is 161 Å². The van der Waals surface area contributed by atoms with Gasteiger partial charge in [0.2, 0.25) is 0 Å². The van der Waals surface area contributed by atoms with E-state index in [2.05, 4.69) is 15.2 Å². The molecule has 0 saturated carbocycles. The lowest BCUT2D eigenvalue weighted by Crippen LogP contribution is -2.19. The summed E-state index contributed by atoms with van der Waals surface area (Å²) in [6, 6.07) is 7.73. The molecule has 8 heteroatoms. The monoisotopic (exact) mass is 384 g/mol. The third-order valence-electron chi connectivity index (χ3n) is 4.85. The standard InChI is InChI=1S/C20H21FN4O3/c1-27-20(26)12-5-6-16(14(21)8-12)24-17-10-18-13(9-15(17)22)11-23-25(18)19-4-2-3-7-28-19/h5-6,8-11,19,24H,2-4,7,22H2,1H3. The summed E-state index contributed by atoms with van der Waals surface area (Å²) in [5.41, 5.74) is 8.37. The summed E-state index contributed by atoms with van der Waals surface area (Å²) in [4.78, 5) is 11.5. The van der Waals surface area contributed by atoms with Gasteiger partial charge < -0.3 is 20.5 Å². The topological polar surface area (TPSA) is 91.4 Å². The van der Waals surface area contributed by atoms with Crippen LogP contribution in [0.25, 0.3) is 10.9 Å². The van der Waals surface area contributed by atoms with Gasteiger partial charge in [0.05, 0.1) is 41.4 Å². The average molecular weight is 384 g/mol. The van der Waals surface area contributed by atoms with Crippen LogP contribution in [0.5, 0.6) is 0 Å². The zero-order valence-corrected chi connectivity index (χ0v) is 15.4. The summed E-state index contributed by atoms with van der Waals surface area (Å²) in [5.74, 6) is -1.17. The van der Waals surface area contributed by atoms with Gasteiger partial charge in [0.15, 0.2) is 6.23 Å². The summed E-state index contributed by atoms with van der Waals surface area (Å²) in [6.07, 6.45) is 4.67. The van der Waals surface area contributed by atoms with E-state index in [4.69, 9.17) is 10.5 Å². The van der Waals surface area contributed by atoms with Crippen molar-refractivity contribution in [2.24, 2.45) is 0 Å². The third kappa shape index (κ3) is 3.38. The van der Waals surface area contributed by atoms with Crippen LogP contribution in [-0.4, -0.2) is 29.5 Å². The maximum absolute atomic E-state index is 14.4. The van der Waals surface area contributed by atoms with Crippen molar-refractivity contribution in [3.8, 4) is 0 Å². The first-order chi connectivity index (χ1) is 13.6. The van der Waals surface area contributed by atoms with Crippen LogP contribution < -0.4 is 11.1 Å². The minimum absolute atomic E-state index is 0.112. The van der Waals surface area contributed by atoms with Crippen LogP contribution in [0.4, 0.5) is 21.5 Å². The highest BCUT2D eigenvalue weighted by Crippen LogP contribution is 2.33. The van der Waals surface area contributed by atoms with Crippen molar-refractivity contribution >= 4 is 33.9 Å². The third-order valence-corrected chi connectivity index (χ3v) is 4.85. The van der Waals surface area contributed by atoms with Crippen molar-refractivity contribution in [3.63, 3.8) is 0 Å². The van der Waals surface area contributed by atoms with Crippen molar-refractivity contribution in [1.82, 2.24) is 9.78 Å². The number of carbonyl (C=O) groups excluding carboxylic acids is 1. The molecule has 1 unspecified atom stereocenters. The molecule has 1 saturated heterocycles. The van der Waals surface area contributed by atoms with E-state index < -0.39 is 11.8 Å². The van der Waals surface area contributed by atoms with Crippen LogP contribution in [0, 0.1) is 5.82 Å². The maximum Gasteiger partial charge on any atom is 0.337 e. The van der Waals surface area contributed by atoms with Crippen LogP contribution in [0.3, 0.4) is 0 Å². The van der Waals surface area contributed by atoms with Crippen LogP contribution in [0.1, 0.15) is 35.8 Å². The van der Waals surface area contributed by atoms with Crippen LogP contribution >= 0.6 is 0 Å². The zero-order chi connectivity index (χ0) is 19.7. The van der Waals surface area contributed by atoms with E-state index in [1.807, 2.05) is 10.7 Å². The number of nitrogens with two attached hydrogens (primary N) is 1. The predicted molar refractivity (Wildman–Crippen MR) is 104 cm³/mol. The first kappa shape index (κ1) is 18.2. The van der Waals surface area contributed by atoms with Crippen LogP contribution in [0.15, 0.2) is 36.5 Å². The first-order valence-electron chi connectivity index (χ1n) is 9.10. The Morgan fingerprint density at radius 3 is 2.89 bits per heavy atom. The maximum atomic E-state index is 14.4. The summed E-state index contributed by atoms with van der Waals surface area (Å²) in [6.45, 7) is 0.712. The van der Waals surface area contributed by atoms with Gasteiger partial charge in [-0.05, 0) is 49.6 Å². The number of carbonyl (C=O) groups is 1. The minimum Gasteiger partial charge on any atom is -0.465 e. The Bertz CT molecular complexity index is 1030. The lowest BCUT2D eigenvalue weighted by molar-refractivity contribution is -0.0366. The van der Waals surface area contributed by atoms with E-state index in [1.54, 1.807) is 12.3 Å². The number of anilines is 3. The quantitative estimate of drug-likeness (QED) is 0.522. The second-order valence-corrected chi connectivity index (χ2v) is 6.72. The van der Waals surface area contributed by atoms with E-state index in [9.17, 15) is 9.18 Å². The zero-order valence-electron chi connectivity index (χ0n) is 15.4. The summed E-state index contributed by atoms with van der Waals surface area (Å²) in [5, 5.41) is 8.34. The van der Waals surface area contributed by atoms with Crippen LogP contribution in [-0.2, 0) is 9.47 Å². The number of nitrogen functional groups attached to an aromatic ring is 1. The number of hydrogen-bond acceptors (Lipinski definition) is 6. The molecule has 1 fully saturated rings. The van der Waals surface area contributed by atoms with Gasteiger partial charge in [0.1, 0.15) is 5.82 Å². The van der Waals surface area contributed by atoms with Gasteiger partial charge in [-0.3, -0.25) is 0 Å². The Morgan fingerprint density at radius 1 is 1.32 bits per heavy atom. The number of nitrogens with one attached hydrogen (secondary N) is 1. The van der Waals surface area contributed by atoms with Gasteiger partial charge in [-0.1, -0.05) is 0 Å². The number of benzene rings is 2. The van der Waals surface area contributed by atoms with E-state index in [0.717, 1.165) is 36.2 Å². The van der Waals surface area contributed by atoms with Crippen molar-refractivity contribution in [2.75, 3.05) is 24.8 Å². The largest absolute Gasteiger partial charge is 0.465 e. The summed E-state index contributed by atoms with van der Waals surface area (Å²) < 4.78 is 26.7. The number of fused-ring (bicyclic) bond motifs is 1. The highest BCUT2D eigenvalue weighted by atomic mass is 19.1. The lowest BCUT2D eigenvalue weighted by Gasteiger charge is -2.23. The van der Waals surface area contributed by atoms with Gasteiger partial charge in [-0.15, -0.1) is 0 Å². The van der Waals surface area contributed by atoms with Gasteiger partial charge in [0.25, 0.3) is 0 Å².